The van der Waals surface area contributed by atoms with Crippen LogP contribution in [0.4, 0.5) is 0 Å². The molecule has 0 aliphatic rings. The summed E-state index contributed by atoms with van der Waals surface area (Å²) in [6.45, 7) is 2.07. The number of nitrogens with zero attached hydrogens (tertiary/aromatic N) is 1. The largest absolute Gasteiger partial charge is 0.496 e. The lowest BCUT2D eigenvalue weighted by molar-refractivity contribution is 0.410. The van der Waals surface area contributed by atoms with Gasteiger partial charge in [-0.1, -0.05) is 28.9 Å². The first-order valence-electron chi connectivity index (χ1n) is 4.43. The van der Waals surface area contributed by atoms with E-state index in [1.165, 1.54) is 0 Å². The van der Waals surface area contributed by atoms with Crippen LogP contribution in [-0.4, -0.2) is 7.11 Å². The van der Waals surface area contributed by atoms with Crippen LogP contribution in [0.15, 0.2) is 18.2 Å². The minimum absolute atomic E-state index is 0.237. The second-order valence-electron chi connectivity index (χ2n) is 2.92. The maximum absolute atomic E-state index is 8.75. The highest BCUT2D eigenvalue weighted by molar-refractivity contribution is 9.09. The molecule has 14 heavy (non-hydrogen) atoms. The van der Waals surface area contributed by atoms with Gasteiger partial charge in [-0.15, -0.1) is 0 Å². The van der Waals surface area contributed by atoms with Crippen LogP contribution in [0.5, 0.6) is 5.75 Å². The molecular formula is C11H12BrNO. The highest BCUT2D eigenvalue weighted by Crippen LogP contribution is 2.27. The number of halogens is 1. The van der Waals surface area contributed by atoms with Gasteiger partial charge in [0.25, 0.3) is 0 Å². The van der Waals surface area contributed by atoms with Gasteiger partial charge in [-0.3, -0.25) is 0 Å². The fraction of sp³-hybridized carbons (Fsp3) is 0.364. The zero-order chi connectivity index (χ0) is 10.6. The summed E-state index contributed by atoms with van der Waals surface area (Å²) in [7, 11) is 1.66. The third kappa shape index (κ3) is 2.27. The minimum atomic E-state index is -0.237. The highest BCUT2D eigenvalue weighted by Gasteiger charge is 2.08. The Bertz CT molecular complexity index is 357. The fourth-order valence-electron chi connectivity index (χ4n) is 1.31. The first-order valence-corrected chi connectivity index (χ1v) is 5.35. The van der Waals surface area contributed by atoms with Gasteiger partial charge in [-0.2, -0.15) is 5.26 Å². The van der Waals surface area contributed by atoms with Gasteiger partial charge in [0, 0.05) is 0 Å². The van der Waals surface area contributed by atoms with Crippen molar-refractivity contribution in [3.8, 4) is 11.8 Å². The zero-order valence-electron chi connectivity index (χ0n) is 8.25. The molecule has 1 aromatic rings. The number of rotatable bonds is 3. The van der Waals surface area contributed by atoms with Gasteiger partial charge in [-0.25, -0.2) is 0 Å². The molecule has 3 heteroatoms. The maximum atomic E-state index is 8.75. The Kier molecular flexibility index (Phi) is 3.97. The number of methoxy groups -OCH3 is 1. The summed E-state index contributed by atoms with van der Waals surface area (Å²) in [5.74, 6) is 0.883. The average molecular weight is 254 g/mol. The van der Waals surface area contributed by atoms with Crippen LogP contribution in [-0.2, 0) is 6.42 Å². The van der Waals surface area contributed by atoms with Crippen molar-refractivity contribution in [2.24, 2.45) is 0 Å². The van der Waals surface area contributed by atoms with E-state index < -0.39 is 0 Å². The molecule has 2 nitrogen and oxygen atoms in total. The van der Waals surface area contributed by atoms with E-state index in [0.717, 1.165) is 23.3 Å². The average Bonchev–Trinajstić information content (AvgIpc) is 2.26. The smallest absolute Gasteiger partial charge is 0.126 e. The molecule has 1 atom stereocenters. The Labute approximate surface area is 92.6 Å². The molecule has 1 aromatic carbocycles. The Hall–Kier alpha value is -1.01. The van der Waals surface area contributed by atoms with Gasteiger partial charge in [0.2, 0.25) is 0 Å². The molecular weight excluding hydrogens is 242 g/mol. The second-order valence-corrected chi connectivity index (χ2v) is 3.83. The summed E-state index contributed by atoms with van der Waals surface area (Å²) < 4.78 is 5.21. The molecule has 0 aliphatic carbocycles. The van der Waals surface area contributed by atoms with Gasteiger partial charge in [0.15, 0.2) is 0 Å². The summed E-state index contributed by atoms with van der Waals surface area (Å²) >= 11 is 3.29. The normalized spacial score (nSPS) is 11.9. The molecule has 0 heterocycles. The van der Waals surface area contributed by atoms with Crippen molar-refractivity contribution in [2.75, 3.05) is 7.11 Å². The molecule has 0 saturated heterocycles. The Balaban J connectivity index is 3.08. The summed E-state index contributed by atoms with van der Waals surface area (Å²) in [5.41, 5.74) is 2.11. The predicted molar refractivity (Wildman–Crippen MR) is 59.7 cm³/mol. The van der Waals surface area contributed by atoms with Crippen LogP contribution < -0.4 is 4.74 Å². The number of alkyl halides is 1. The molecule has 1 unspecified atom stereocenters. The Morgan fingerprint density at radius 3 is 2.79 bits per heavy atom. The van der Waals surface area contributed by atoms with Crippen LogP contribution in [0.25, 0.3) is 0 Å². The topological polar surface area (TPSA) is 33.0 Å². The third-order valence-electron chi connectivity index (χ3n) is 2.09. The SMILES string of the molecule is CCc1cc(C(Br)C#N)ccc1OC. The summed E-state index contributed by atoms with van der Waals surface area (Å²) in [4.78, 5) is -0.237. The monoisotopic (exact) mass is 253 g/mol. The number of hydrogen-bond acceptors (Lipinski definition) is 2. The summed E-state index contributed by atoms with van der Waals surface area (Å²) in [6.07, 6.45) is 0.905. The summed E-state index contributed by atoms with van der Waals surface area (Å²) in [5, 5.41) is 8.75. The molecule has 0 N–H and O–H groups in total. The summed E-state index contributed by atoms with van der Waals surface area (Å²) in [6, 6.07) is 7.95. The van der Waals surface area contributed by atoms with E-state index in [9.17, 15) is 0 Å². The van der Waals surface area contributed by atoms with E-state index in [1.807, 2.05) is 18.2 Å². The molecule has 0 radical (unpaired) electrons. The van der Waals surface area contributed by atoms with Crippen molar-refractivity contribution in [2.45, 2.75) is 18.2 Å². The number of hydrogen-bond donors (Lipinski definition) is 0. The third-order valence-corrected chi connectivity index (χ3v) is 2.82. The molecule has 0 saturated carbocycles. The standard InChI is InChI=1S/C11H12BrNO/c1-3-8-6-9(10(12)7-13)4-5-11(8)14-2/h4-6,10H,3H2,1-2H3. The molecule has 0 aromatic heterocycles. The fourth-order valence-corrected chi connectivity index (χ4v) is 1.59. The van der Waals surface area contributed by atoms with Crippen molar-refractivity contribution >= 4 is 15.9 Å². The molecule has 0 amide bonds. The van der Waals surface area contributed by atoms with Gasteiger partial charge < -0.3 is 4.74 Å². The number of aryl methyl sites for hydroxylation is 1. The van der Waals surface area contributed by atoms with E-state index in [4.69, 9.17) is 10.00 Å². The lowest BCUT2D eigenvalue weighted by Gasteiger charge is -2.09. The molecule has 0 aliphatic heterocycles. The quantitative estimate of drug-likeness (QED) is 0.776. The van der Waals surface area contributed by atoms with Crippen molar-refractivity contribution in [1.82, 2.24) is 0 Å². The molecule has 1 rings (SSSR count). The van der Waals surface area contributed by atoms with Crippen molar-refractivity contribution in [3.63, 3.8) is 0 Å². The molecule has 0 fully saturated rings. The minimum Gasteiger partial charge on any atom is -0.496 e. The van der Waals surface area contributed by atoms with Crippen molar-refractivity contribution in [3.05, 3.63) is 29.3 Å². The van der Waals surface area contributed by atoms with Crippen LogP contribution in [0.3, 0.4) is 0 Å². The van der Waals surface area contributed by atoms with Crippen LogP contribution in [0.1, 0.15) is 22.9 Å². The van der Waals surface area contributed by atoms with Crippen LogP contribution >= 0.6 is 15.9 Å². The number of nitriles is 1. The van der Waals surface area contributed by atoms with Gasteiger partial charge >= 0.3 is 0 Å². The van der Waals surface area contributed by atoms with E-state index in [1.54, 1.807) is 7.11 Å². The first-order chi connectivity index (χ1) is 6.72. The first kappa shape index (κ1) is 11.1. The lowest BCUT2D eigenvalue weighted by Crippen LogP contribution is -1.93. The second kappa shape index (κ2) is 5.02. The molecule has 0 spiro atoms. The van der Waals surface area contributed by atoms with Gasteiger partial charge in [0.1, 0.15) is 10.6 Å². The van der Waals surface area contributed by atoms with Crippen LogP contribution in [0, 0.1) is 11.3 Å². The Morgan fingerprint density at radius 1 is 1.57 bits per heavy atom. The van der Waals surface area contributed by atoms with Gasteiger partial charge in [-0.05, 0) is 29.7 Å². The van der Waals surface area contributed by atoms with E-state index in [-0.39, 0.29) is 4.83 Å². The van der Waals surface area contributed by atoms with Gasteiger partial charge in [0.05, 0.1) is 13.2 Å². The van der Waals surface area contributed by atoms with E-state index >= 15 is 0 Å². The van der Waals surface area contributed by atoms with E-state index in [0.29, 0.717) is 0 Å². The highest BCUT2D eigenvalue weighted by atomic mass is 79.9. The maximum Gasteiger partial charge on any atom is 0.126 e. The molecule has 74 valence electrons. The molecule has 0 bridgehead atoms. The van der Waals surface area contributed by atoms with Crippen molar-refractivity contribution < 1.29 is 4.74 Å². The van der Waals surface area contributed by atoms with E-state index in [2.05, 4.69) is 28.9 Å². The zero-order valence-corrected chi connectivity index (χ0v) is 9.84. The predicted octanol–water partition coefficient (Wildman–Crippen LogP) is 3.22. The lowest BCUT2D eigenvalue weighted by atomic mass is 10.1. The Morgan fingerprint density at radius 2 is 2.29 bits per heavy atom. The number of ether oxygens (including phenoxy) is 1. The number of benzene rings is 1. The van der Waals surface area contributed by atoms with Crippen LogP contribution in [0.2, 0.25) is 0 Å². The van der Waals surface area contributed by atoms with Crippen molar-refractivity contribution in [1.29, 1.82) is 5.26 Å².